The van der Waals surface area contributed by atoms with Gasteiger partial charge in [-0.05, 0) is 12.5 Å². The van der Waals surface area contributed by atoms with Gasteiger partial charge in [0.1, 0.15) is 0 Å². The van der Waals surface area contributed by atoms with E-state index in [1.54, 1.807) is 30.3 Å². The van der Waals surface area contributed by atoms with Crippen LogP contribution in [0.25, 0.3) is 0 Å². The van der Waals surface area contributed by atoms with Crippen LogP contribution in [0, 0.1) is 0 Å². The van der Waals surface area contributed by atoms with Gasteiger partial charge in [-0.3, -0.25) is 0 Å². The largest absolute Gasteiger partial charge is 0.479 e. The summed E-state index contributed by atoms with van der Waals surface area (Å²) in [6.07, 6.45) is 0. The summed E-state index contributed by atoms with van der Waals surface area (Å²) in [6.45, 7) is 0.465. The molecule has 0 bridgehead atoms. The minimum absolute atomic E-state index is 0.0748. The molecule has 0 saturated carbocycles. The Bertz CT molecular complexity index is 527. The maximum atomic E-state index is 11.5. The first-order chi connectivity index (χ1) is 8.73. The van der Waals surface area contributed by atoms with Gasteiger partial charge in [0.25, 0.3) is 10.2 Å². The van der Waals surface area contributed by atoms with Gasteiger partial charge in [0.15, 0.2) is 5.60 Å². The van der Waals surface area contributed by atoms with E-state index in [-0.39, 0.29) is 6.54 Å². The number of benzene rings is 1. The number of hydrogen-bond acceptors (Lipinski definition) is 4. The Morgan fingerprint density at radius 2 is 1.84 bits per heavy atom. The van der Waals surface area contributed by atoms with E-state index in [2.05, 4.69) is 4.72 Å². The molecule has 1 unspecified atom stereocenters. The summed E-state index contributed by atoms with van der Waals surface area (Å²) in [7, 11) is -3.87. The molecule has 0 heterocycles. The Balaban J connectivity index is 2.51. The normalized spacial score (nSPS) is 14.8. The molecular weight excluding hydrogens is 272 g/mol. The van der Waals surface area contributed by atoms with Gasteiger partial charge in [-0.25, -0.2) is 4.79 Å². The van der Waals surface area contributed by atoms with Crippen molar-refractivity contribution in [2.24, 2.45) is 0 Å². The van der Waals surface area contributed by atoms with Crippen molar-refractivity contribution in [1.29, 1.82) is 0 Å². The molecule has 1 rings (SSSR count). The zero-order valence-corrected chi connectivity index (χ0v) is 11.1. The monoisotopic (exact) mass is 288 g/mol. The highest BCUT2D eigenvalue weighted by atomic mass is 32.2. The fourth-order valence-electron chi connectivity index (χ4n) is 1.14. The van der Waals surface area contributed by atoms with Crippen LogP contribution in [0.2, 0.25) is 0 Å². The number of rotatable bonds is 7. The number of carboxylic acid groups (broad SMARTS) is 1. The topological polar surface area (TPSA) is 116 Å². The molecule has 7 nitrogen and oxygen atoms in total. The zero-order chi connectivity index (χ0) is 14.5. The Morgan fingerprint density at radius 1 is 1.26 bits per heavy atom. The SMILES string of the molecule is CC(O)(CNS(=O)(=O)NCc1ccccc1)C(=O)O. The van der Waals surface area contributed by atoms with Gasteiger partial charge in [-0.1, -0.05) is 30.3 Å². The Morgan fingerprint density at radius 3 is 2.37 bits per heavy atom. The molecule has 1 atom stereocenters. The van der Waals surface area contributed by atoms with Crippen molar-refractivity contribution in [3.63, 3.8) is 0 Å². The fraction of sp³-hybridized carbons (Fsp3) is 0.364. The van der Waals surface area contributed by atoms with Gasteiger partial charge in [0, 0.05) is 6.54 Å². The zero-order valence-electron chi connectivity index (χ0n) is 10.3. The highest BCUT2D eigenvalue weighted by Gasteiger charge is 2.31. The molecule has 1 aromatic carbocycles. The second-order valence-electron chi connectivity index (χ2n) is 4.21. The molecule has 4 N–H and O–H groups in total. The third kappa shape index (κ3) is 5.35. The maximum absolute atomic E-state index is 11.5. The molecule has 0 aliphatic carbocycles. The summed E-state index contributed by atoms with van der Waals surface area (Å²) in [5.41, 5.74) is -1.39. The minimum Gasteiger partial charge on any atom is -0.479 e. The van der Waals surface area contributed by atoms with Crippen LogP contribution < -0.4 is 9.44 Å². The summed E-state index contributed by atoms with van der Waals surface area (Å²) in [4.78, 5) is 10.6. The van der Waals surface area contributed by atoms with E-state index in [0.29, 0.717) is 0 Å². The summed E-state index contributed by atoms with van der Waals surface area (Å²) < 4.78 is 27.3. The number of aliphatic carboxylic acids is 1. The maximum Gasteiger partial charge on any atom is 0.336 e. The molecule has 106 valence electrons. The predicted octanol–water partition coefficient (Wildman–Crippen LogP) is -0.554. The average Bonchev–Trinajstić information content (AvgIpc) is 2.36. The van der Waals surface area contributed by atoms with Crippen molar-refractivity contribution in [3.05, 3.63) is 35.9 Å². The molecule has 0 radical (unpaired) electrons. The number of aliphatic hydroxyl groups is 1. The third-order valence-corrected chi connectivity index (χ3v) is 3.43. The van der Waals surface area contributed by atoms with Crippen molar-refractivity contribution < 1.29 is 23.4 Å². The number of carbonyl (C=O) groups is 1. The lowest BCUT2D eigenvalue weighted by molar-refractivity contribution is -0.155. The Kier molecular flexibility index (Phi) is 5.01. The molecular formula is C11H16N2O5S. The lowest BCUT2D eigenvalue weighted by Crippen LogP contribution is -2.49. The van der Waals surface area contributed by atoms with Gasteiger partial charge in [-0.15, -0.1) is 0 Å². The van der Waals surface area contributed by atoms with Crippen LogP contribution in [0.4, 0.5) is 0 Å². The van der Waals surface area contributed by atoms with Crippen molar-refractivity contribution in [2.75, 3.05) is 6.54 Å². The van der Waals surface area contributed by atoms with Gasteiger partial charge in [-0.2, -0.15) is 17.9 Å². The molecule has 1 aromatic rings. The first-order valence-electron chi connectivity index (χ1n) is 5.47. The van der Waals surface area contributed by atoms with Crippen molar-refractivity contribution in [2.45, 2.75) is 19.1 Å². The average molecular weight is 288 g/mol. The van der Waals surface area contributed by atoms with Gasteiger partial charge >= 0.3 is 5.97 Å². The van der Waals surface area contributed by atoms with Gasteiger partial charge in [0.05, 0.1) is 6.54 Å². The predicted molar refractivity (Wildman–Crippen MR) is 68.5 cm³/mol. The van der Waals surface area contributed by atoms with E-state index in [9.17, 15) is 18.3 Å². The van der Waals surface area contributed by atoms with Crippen LogP contribution in [-0.2, 0) is 21.5 Å². The molecule has 0 aliphatic heterocycles. The van der Waals surface area contributed by atoms with Crippen LogP contribution in [0.3, 0.4) is 0 Å². The third-order valence-electron chi connectivity index (χ3n) is 2.38. The second kappa shape index (κ2) is 6.11. The Labute approximate surface area is 111 Å². The second-order valence-corrected chi connectivity index (χ2v) is 5.79. The van der Waals surface area contributed by atoms with Crippen molar-refractivity contribution in [1.82, 2.24) is 9.44 Å². The van der Waals surface area contributed by atoms with Crippen LogP contribution in [-0.4, -0.2) is 36.7 Å². The van der Waals surface area contributed by atoms with Crippen LogP contribution in [0.5, 0.6) is 0 Å². The first-order valence-corrected chi connectivity index (χ1v) is 6.95. The van der Waals surface area contributed by atoms with E-state index >= 15 is 0 Å². The fourth-order valence-corrected chi connectivity index (χ4v) is 2.07. The molecule has 0 aliphatic rings. The summed E-state index contributed by atoms with van der Waals surface area (Å²) in [6, 6.07) is 8.84. The lowest BCUT2D eigenvalue weighted by atomic mass is 10.1. The molecule has 0 amide bonds. The van der Waals surface area contributed by atoms with Crippen LogP contribution in [0.15, 0.2) is 30.3 Å². The summed E-state index contributed by atoms with van der Waals surface area (Å²) in [5, 5.41) is 18.0. The van der Waals surface area contributed by atoms with Crippen molar-refractivity contribution >= 4 is 16.2 Å². The Hall–Kier alpha value is -1.48. The van der Waals surface area contributed by atoms with E-state index in [1.807, 2.05) is 4.72 Å². The van der Waals surface area contributed by atoms with E-state index < -0.39 is 28.3 Å². The van der Waals surface area contributed by atoms with Gasteiger partial charge in [0.2, 0.25) is 0 Å². The van der Waals surface area contributed by atoms with E-state index in [1.165, 1.54) is 0 Å². The minimum atomic E-state index is -3.87. The van der Waals surface area contributed by atoms with E-state index in [0.717, 1.165) is 12.5 Å². The standard InChI is InChI=1S/C11H16N2O5S/c1-11(16,10(14)15)8-13-19(17,18)12-7-9-5-3-2-4-6-9/h2-6,12-13,16H,7-8H2,1H3,(H,14,15). The van der Waals surface area contributed by atoms with Crippen LogP contribution >= 0.6 is 0 Å². The molecule has 0 fully saturated rings. The molecule has 8 heteroatoms. The molecule has 0 spiro atoms. The summed E-state index contributed by atoms with van der Waals surface area (Å²) in [5.74, 6) is -1.50. The quantitative estimate of drug-likeness (QED) is 0.537. The van der Waals surface area contributed by atoms with Gasteiger partial charge < -0.3 is 10.2 Å². The first kappa shape index (κ1) is 15.6. The van der Waals surface area contributed by atoms with E-state index in [4.69, 9.17) is 5.11 Å². The molecule has 0 saturated heterocycles. The smallest absolute Gasteiger partial charge is 0.336 e. The van der Waals surface area contributed by atoms with Crippen LogP contribution in [0.1, 0.15) is 12.5 Å². The van der Waals surface area contributed by atoms with Crippen molar-refractivity contribution in [3.8, 4) is 0 Å². The molecule has 0 aromatic heterocycles. The highest BCUT2D eigenvalue weighted by Crippen LogP contribution is 2.02. The lowest BCUT2D eigenvalue weighted by Gasteiger charge is -2.18. The highest BCUT2D eigenvalue weighted by molar-refractivity contribution is 7.87. The number of hydrogen-bond donors (Lipinski definition) is 4. The number of nitrogens with one attached hydrogen (secondary N) is 2. The number of carboxylic acids is 1. The summed E-state index contributed by atoms with van der Waals surface area (Å²) >= 11 is 0. The molecule has 19 heavy (non-hydrogen) atoms.